The fourth-order valence-electron chi connectivity index (χ4n) is 3.04. The number of benzene rings is 2. The van der Waals surface area contributed by atoms with Crippen molar-refractivity contribution in [2.75, 3.05) is 32.8 Å². The largest absolute Gasteiger partial charge is 0.484 e. The van der Waals surface area contributed by atoms with Crippen LogP contribution >= 0.6 is 11.6 Å². The third-order valence-electron chi connectivity index (χ3n) is 4.65. The molecular formula is C21H23ClN2O3. The van der Waals surface area contributed by atoms with E-state index in [2.05, 4.69) is 4.90 Å². The van der Waals surface area contributed by atoms with Gasteiger partial charge in [0.25, 0.3) is 5.91 Å². The highest BCUT2D eigenvalue weighted by molar-refractivity contribution is 6.30. The number of amides is 1. The minimum absolute atomic E-state index is 0.0153. The molecule has 0 N–H and O–H groups in total. The normalized spacial score (nSPS) is 14.8. The molecule has 6 heteroatoms. The number of hydrogen-bond acceptors (Lipinski definition) is 4. The zero-order chi connectivity index (χ0) is 19.2. The van der Waals surface area contributed by atoms with Gasteiger partial charge < -0.3 is 9.64 Å². The third-order valence-corrected chi connectivity index (χ3v) is 4.90. The summed E-state index contributed by atoms with van der Waals surface area (Å²) in [5, 5.41) is 0.739. The summed E-state index contributed by atoms with van der Waals surface area (Å²) in [6, 6.07) is 14.8. The second kappa shape index (κ2) is 9.02. The molecule has 5 nitrogen and oxygen atoms in total. The van der Waals surface area contributed by atoms with Crippen LogP contribution in [-0.2, 0) is 11.3 Å². The van der Waals surface area contributed by atoms with Gasteiger partial charge >= 0.3 is 0 Å². The average Bonchev–Trinajstić information content (AvgIpc) is 2.68. The summed E-state index contributed by atoms with van der Waals surface area (Å²) in [7, 11) is 0. The first-order valence-electron chi connectivity index (χ1n) is 8.99. The smallest absolute Gasteiger partial charge is 0.260 e. The fourth-order valence-corrected chi connectivity index (χ4v) is 3.17. The summed E-state index contributed by atoms with van der Waals surface area (Å²) in [6.45, 7) is 5.37. The van der Waals surface area contributed by atoms with Gasteiger partial charge in [-0.2, -0.15) is 0 Å². The van der Waals surface area contributed by atoms with Crippen LogP contribution in [0.4, 0.5) is 0 Å². The lowest BCUT2D eigenvalue weighted by Crippen LogP contribution is -2.49. The number of ketones is 1. The molecule has 142 valence electrons. The average molecular weight is 387 g/mol. The SMILES string of the molecule is CC(=O)c1cccc(OCC(=O)N2CCN(Cc3ccc(Cl)cc3)CC2)c1. The zero-order valence-electron chi connectivity index (χ0n) is 15.4. The van der Waals surface area contributed by atoms with Crippen molar-refractivity contribution < 1.29 is 14.3 Å². The van der Waals surface area contributed by atoms with E-state index in [0.29, 0.717) is 24.4 Å². The second-order valence-corrected chi connectivity index (χ2v) is 7.09. The number of rotatable bonds is 6. The van der Waals surface area contributed by atoms with E-state index in [1.807, 2.05) is 29.2 Å². The molecule has 3 rings (SSSR count). The van der Waals surface area contributed by atoms with E-state index in [4.69, 9.17) is 16.3 Å². The first-order valence-corrected chi connectivity index (χ1v) is 9.37. The van der Waals surface area contributed by atoms with Crippen LogP contribution < -0.4 is 4.74 Å². The van der Waals surface area contributed by atoms with Crippen molar-refractivity contribution in [3.8, 4) is 5.75 Å². The molecule has 1 aliphatic rings. The van der Waals surface area contributed by atoms with Gasteiger partial charge in [0.05, 0.1) is 0 Å². The molecule has 0 bridgehead atoms. The summed E-state index contributed by atoms with van der Waals surface area (Å²) in [6.07, 6.45) is 0. The first-order chi connectivity index (χ1) is 13.0. The van der Waals surface area contributed by atoms with Crippen LogP contribution in [-0.4, -0.2) is 54.3 Å². The van der Waals surface area contributed by atoms with Gasteiger partial charge in [-0.3, -0.25) is 14.5 Å². The summed E-state index contributed by atoms with van der Waals surface area (Å²) in [4.78, 5) is 28.0. The number of carbonyl (C=O) groups is 2. The molecule has 0 unspecified atom stereocenters. The molecule has 1 saturated heterocycles. The number of halogens is 1. The van der Waals surface area contributed by atoms with Crippen molar-refractivity contribution in [2.24, 2.45) is 0 Å². The Morgan fingerprint density at radius 3 is 2.41 bits per heavy atom. The fraction of sp³-hybridized carbons (Fsp3) is 0.333. The number of hydrogen-bond donors (Lipinski definition) is 0. The lowest BCUT2D eigenvalue weighted by Gasteiger charge is -2.34. The number of carbonyl (C=O) groups excluding carboxylic acids is 2. The Hall–Kier alpha value is -2.37. The number of nitrogens with zero attached hydrogens (tertiary/aromatic N) is 2. The maximum absolute atomic E-state index is 12.4. The zero-order valence-corrected chi connectivity index (χ0v) is 16.1. The van der Waals surface area contributed by atoms with E-state index < -0.39 is 0 Å². The number of ether oxygens (including phenoxy) is 1. The Labute approximate surface area is 164 Å². The monoisotopic (exact) mass is 386 g/mol. The standard InChI is InChI=1S/C21H23ClN2O3/c1-16(25)18-3-2-4-20(13-18)27-15-21(26)24-11-9-23(10-12-24)14-17-5-7-19(22)8-6-17/h2-8,13H,9-12,14-15H2,1H3. The van der Waals surface area contributed by atoms with Gasteiger partial charge in [0, 0.05) is 43.3 Å². The van der Waals surface area contributed by atoms with E-state index in [0.717, 1.165) is 24.7 Å². The molecule has 1 fully saturated rings. The van der Waals surface area contributed by atoms with Gasteiger partial charge in [-0.1, -0.05) is 35.9 Å². The van der Waals surface area contributed by atoms with Gasteiger partial charge in [-0.05, 0) is 36.8 Å². The minimum Gasteiger partial charge on any atom is -0.484 e. The highest BCUT2D eigenvalue weighted by Gasteiger charge is 2.21. The first kappa shape index (κ1) is 19.4. The molecule has 0 spiro atoms. The lowest BCUT2D eigenvalue weighted by atomic mass is 10.1. The molecule has 0 aromatic heterocycles. The minimum atomic E-state index is -0.0330. The summed E-state index contributed by atoms with van der Waals surface area (Å²) >= 11 is 5.92. The van der Waals surface area contributed by atoms with Crippen LogP contribution in [0, 0.1) is 0 Å². The molecule has 1 amide bonds. The van der Waals surface area contributed by atoms with Gasteiger partial charge in [-0.15, -0.1) is 0 Å². The molecule has 0 atom stereocenters. The second-order valence-electron chi connectivity index (χ2n) is 6.66. The summed E-state index contributed by atoms with van der Waals surface area (Å²) < 4.78 is 5.58. The van der Waals surface area contributed by atoms with Gasteiger partial charge in [-0.25, -0.2) is 0 Å². The molecule has 1 heterocycles. The van der Waals surface area contributed by atoms with Crippen LogP contribution in [0.1, 0.15) is 22.8 Å². The summed E-state index contributed by atoms with van der Waals surface area (Å²) in [5.41, 5.74) is 1.80. The Morgan fingerprint density at radius 2 is 1.74 bits per heavy atom. The van der Waals surface area contributed by atoms with Crippen molar-refractivity contribution in [1.82, 2.24) is 9.80 Å². The van der Waals surface area contributed by atoms with Crippen LogP contribution in [0.3, 0.4) is 0 Å². The molecule has 1 aliphatic heterocycles. The van der Waals surface area contributed by atoms with Crippen molar-refractivity contribution in [3.63, 3.8) is 0 Å². The lowest BCUT2D eigenvalue weighted by molar-refractivity contribution is -0.135. The van der Waals surface area contributed by atoms with Crippen LogP contribution in [0.25, 0.3) is 0 Å². The van der Waals surface area contributed by atoms with Gasteiger partial charge in [0.15, 0.2) is 12.4 Å². The summed E-state index contributed by atoms with van der Waals surface area (Å²) in [5.74, 6) is 0.482. The van der Waals surface area contributed by atoms with E-state index >= 15 is 0 Å². The van der Waals surface area contributed by atoms with E-state index in [-0.39, 0.29) is 18.3 Å². The third kappa shape index (κ3) is 5.55. The molecule has 27 heavy (non-hydrogen) atoms. The highest BCUT2D eigenvalue weighted by atomic mass is 35.5. The van der Waals surface area contributed by atoms with Gasteiger partial charge in [0.1, 0.15) is 5.75 Å². The Kier molecular flexibility index (Phi) is 6.48. The predicted octanol–water partition coefficient (Wildman–Crippen LogP) is 3.27. The van der Waals surface area contributed by atoms with Crippen molar-refractivity contribution in [3.05, 3.63) is 64.7 Å². The Morgan fingerprint density at radius 1 is 1.04 bits per heavy atom. The van der Waals surface area contributed by atoms with Crippen molar-refractivity contribution in [2.45, 2.75) is 13.5 Å². The maximum atomic E-state index is 12.4. The van der Waals surface area contributed by atoms with Crippen LogP contribution in [0.5, 0.6) is 5.75 Å². The Balaban J connectivity index is 1.45. The van der Waals surface area contributed by atoms with Gasteiger partial charge in [0.2, 0.25) is 0 Å². The van der Waals surface area contributed by atoms with E-state index in [9.17, 15) is 9.59 Å². The van der Waals surface area contributed by atoms with Crippen LogP contribution in [0.2, 0.25) is 5.02 Å². The van der Waals surface area contributed by atoms with E-state index in [1.165, 1.54) is 12.5 Å². The molecule has 0 radical (unpaired) electrons. The topological polar surface area (TPSA) is 49.9 Å². The van der Waals surface area contributed by atoms with Crippen molar-refractivity contribution in [1.29, 1.82) is 0 Å². The molecular weight excluding hydrogens is 364 g/mol. The number of Topliss-reactive ketones (excluding diaryl/α,β-unsaturated/α-hetero) is 1. The molecule has 2 aromatic rings. The molecule has 2 aromatic carbocycles. The highest BCUT2D eigenvalue weighted by Crippen LogP contribution is 2.15. The predicted molar refractivity (Wildman–Crippen MR) is 105 cm³/mol. The van der Waals surface area contributed by atoms with Crippen molar-refractivity contribution >= 4 is 23.3 Å². The maximum Gasteiger partial charge on any atom is 0.260 e. The number of piperazine rings is 1. The molecule has 0 aliphatic carbocycles. The Bertz CT molecular complexity index is 799. The van der Waals surface area contributed by atoms with E-state index in [1.54, 1.807) is 24.3 Å². The quantitative estimate of drug-likeness (QED) is 0.715. The molecule has 0 saturated carbocycles. The van der Waals surface area contributed by atoms with Crippen LogP contribution in [0.15, 0.2) is 48.5 Å².